The summed E-state index contributed by atoms with van der Waals surface area (Å²) in [5.74, 6) is 0.515. The molecule has 17 heavy (non-hydrogen) atoms. The lowest BCUT2D eigenvalue weighted by Gasteiger charge is -2.05. The Morgan fingerprint density at radius 2 is 2.00 bits per heavy atom. The van der Waals surface area contributed by atoms with Crippen molar-refractivity contribution in [3.63, 3.8) is 0 Å². The summed E-state index contributed by atoms with van der Waals surface area (Å²) in [5.41, 5.74) is 2.08. The van der Waals surface area contributed by atoms with Crippen molar-refractivity contribution in [3.05, 3.63) is 17.5 Å². The highest BCUT2D eigenvalue weighted by Crippen LogP contribution is 2.67. The summed E-state index contributed by atoms with van der Waals surface area (Å²) in [4.78, 5) is 11.9. The lowest BCUT2D eigenvalue weighted by atomic mass is 10.0. The number of rotatable bonds is 3. The summed E-state index contributed by atoms with van der Waals surface area (Å²) in [6.45, 7) is 11.6. The Kier molecular flexibility index (Phi) is 2.56. The number of carbonyl (C=O) groups is 1. The number of carbonyl (C=O) groups excluding carboxylic acids is 1. The summed E-state index contributed by atoms with van der Waals surface area (Å²) in [5, 5.41) is 9.63. The zero-order valence-corrected chi connectivity index (χ0v) is 11.2. The first kappa shape index (κ1) is 12.1. The van der Waals surface area contributed by atoms with Crippen molar-refractivity contribution in [1.29, 1.82) is 0 Å². The second-order valence-electron chi connectivity index (χ2n) is 6.11. The molecular weight excluding hydrogens is 214 g/mol. The summed E-state index contributed by atoms with van der Waals surface area (Å²) >= 11 is 0. The van der Waals surface area contributed by atoms with Gasteiger partial charge in [-0.2, -0.15) is 5.10 Å². The zero-order valence-electron chi connectivity index (χ0n) is 11.2. The molecule has 4 heteroatoms. The number of aromatic nitrogens is 2. The highest BCUT2D eigenvalue weighted by Gasteiger charge is 2.64. The van der Waals surface area contributed by atoms with Crippen LogP contribution in [0.1, 0.15) is 43.7 Å². The molecule has 1 aliphatic rings. The molecule has 0 aliphatic heterocycles. The van der Waals surface area contributed by atoms with Crippen LogP contribution in [0.15, 0.2) is 6.20 Å². The van der Waals surface area contributed by atoms with Crippen LogP contribution in [0.2, 0.25) is 0 Å². The molecule has 1 saturated carbocycles. The van der Waals surface area contributed by atoms with E-state index in [9.17, 15) is 4.79 Å². The fourth-order valence-corrected chi connectivity index (χ4v) is 2.71. The third-order valence-corrected chi connectivity index (χ3v) is 4.86. The lowest BCUT2D eigenvalue weighted by Crippen LogP contribution is -2.27. The van der Waals surface area contributed by atoms with Gasteiger partial charge in [0.2, 0.25) is 0 Å². The highest BCUT2D eigenvalue weighted by molar-refractivity contribution is 5.94. The van der Waals surface area contributed by atoms with Gasteiger partial charge in [-0.15, -0.1) is 0 Å². The third-order valence-electron chi connectivity index (χ3n) is 4.86. The number of H-pyrrole nitrogens is 1. The summed E-state index contributed by atoms with van der Waals surface area (Å²) in [6.07, 6.45) is 1.58. The van der Waals surface area contributed by atoms with Gasteiger partial charge in [-0.05, 0) is 23.7 Å². The SMILES string of the molecule is Cc1[nH]ncc1C(=O)NCC1C(C)(C)C1(C)C. The van der Waals surface area contributed by atoms with E-state index >= 15 is 0 Å². The van der Waals surface area contributed by atoms with Crippen molar-refractivity contribution in [2.75, 3.05) is 6.54 Å². The van der Waals surface area contributed by atoms with E-state index in [1.165, 1.54) is 0 Å². The largest absolute Gasteiger partial charge is 0.352 e. The molecule has 0 atom stereocenters. The molecule has 0 spiro atoms. The fourth-order valence-electron chi connectivity index (χ4n) is 2.71. The Labute approximate surface area is 102 Å². The van der Waals surface area contributed by atoms with Crippen LogP contribution in [0.25, 0.3) is 0 Å². The maximum atomic E-state index is 11.9. The smallest absolute Gasteiger partial charge is 0.254 e. The van der Waals surface area contributed by atoms with Crippen molar-refractivity contribution in [1.82, 2.24) is 15.5 Å². The van der Waals surface area contributed by atoms with E-state index in [-0.39, 0.29) is 5.91 Å². The molecular formula is C13H21N3O. The molecule has 0 saturated heterocycles. The molecule has 0 radical (unpaired) electrons. The number of hydrogen-bond donors (Lipinski definition) is 2. The number of hydrogen-bond acceptors (Lipinski definition) is 2. The molecule has 4 nitrogen and oxygen atoms in total. The normalized spacial score (nSPS) is 21.2. The van der Waals surface area contributed by atoms with E-state index < -0.39 is 0 Å². The van der Waals surface area contributed by atoms with Crippen LogP contribution in [0, 0.1) is 23.7 Å². The summed E-state index contributed by atoms with van der Waals surface area (Å²) in [6, 6.07) is 0. The number of nitrogens with zero attached hydrogens (tertiary/aromatic N) is 1. The molecule has 0 bridgehead atoms. The van der Waals surface area contributed by atoms with Gasteiger partial charge in [-0.25, -0.2) is 0 Å². The van der Waals surface area contributed by atoms with Gasteiger partial charge in [0, 0.05) is 12.2 Å². The average Bonchev–Trinajstić information content (AvgIpc) is 2.55. The van der Waals surface area contributed by atoms with Gasteiger partial charge in [-0.1, -0.05) is 27.7 Å². The minimum Gasteiger partial charge on any atom is -0.352 e. The molecule has 1 aromatic heterocycles. The number of amides is 1. The van der Waals surface area contributed by atoms with Crippen molar-refractivity contribution >= 4 is 5.91 Å². The molecule has 2 N–H and O–H groups in total. The Morgan fingerprint density at radius 1 is 1.41 bits per heavy atom. The minimum absolute atomic E-state index is 0.0326. The summed E-state index contributed by atoms with van der Waals surface area (Å²) in [7, 11) is 0. The van der Waals surface area contributed by atoms with Gasteiger partial charge < -0.3 is 5.32 Å². The summed E-state index contributed by atoms with van der Waals surface area (Å²) < 4.78 is 0. The molecule has 1 amide bonds. The van der Waals surface area contributed by atoms with Crippen LogP contribution < -0.4 is 5.32 Å². The standard InChI is InChI=1S/C13H21N3O/c1-8-9(6-15-16-8)11(17)14-7-10-12(2,3)13(10,4)5/h6,10H,7H2,1-5H3,(H,14,17)(H,15,16). The topological polar surface area (TPSA) is 57.8 Å². The van der Waals surface area contributed by atoms with Crippen LogP contribution >= 0.6 is 0 Å². The van der Waals surface area contributed by atoms with Gasteiger partial charge in [0.05, 0.1) is 11.8 Å². The van der Waals surface area contributed by atoms with E-state index in [4.69, 9.17) is 0 Å². The highest BCUT2D eigenvalue weighted by atomic mass is 16.1. The Morgan fingerprint density at radius 3 is 2.41 bits per heavy atom. The van der Waals surface area contributed by atoms with Gasteiger partial charge in [0.1, 0.15) is 0 Å². The monoisotopic (exact) mass is 235 g/mol. The van der Waals surface area contributed by atoms with Crippen LogP contribution in [-0.2, 0) is 0 Å². The van der Waals surface area contributed by atoms with Crippen molar-refractivity contribution in [2.45, 2.75) is 34.6 Å². The van der Waals surface area contributed by atoms with Gasteiger partial charge in [0.15, 0.2) is 0 Å². The van der Waals surface area contributed by atoms with Crippen LogP contribution in [0.3, 0.4) is 0 Å². The molecule has 1 aliphatic carbocycles. The maximum absolute atomic E-state index is 11.9. The van der Waals surface area contributed by atoms with E-state index in [0.717, 1.165) is 12.2 Å². The predicted molar refractivity (Wildman–Crippen MR) is 66.7 cm³/mol. The van der Waals surface area contributed by atoms with Gasteiger partial charge in [0.25, 0.3) is 5.91 Å². The first-order valence-electron chi connectivity index (χ1n) is 6.06. The molecule has 94 valence electrons. The van der Waals surface area contributed by atoms with Crippen LogP contribution in [0.4, 0.5) is 0 Å². The van der Waals surface area contributed by atoms with E-state index in [0.29, 0.717) is 22.3 Å². The minimum atomic E-state index is -0.0326. The van der Waals surface area contributed by atoms with Gasteiger partial charge >= 0.3 is 0 Å². The molecule has 1 aromatic rings. The van der Waals surface area contributed by atoms with Crippen molar-refractivity contribution in [2.24, 2.45) is 16.7 Å². The quantitative estimate of drug-likeness (QED) is 0.843. The number of aromatic amines is 1. The zero-order chi connectivity index (χ0) is 12.8. The maximum Gasteiger partial charge on any atom is 0.254 e. The Bertz CT molecular complexity index is 431. The molecule has 0 aromatic carbocycles. The second kappa shape index (κ2) is 3.59. The van der Waals surface area contributed by atoms with E-state index in [1.54, 1.807) is 6.20 Å². The van der Waals surface area contributed by atoms with Crippen LogP contribution in [0.5, 0.6) is 0 Å². The number of nitrogens with one attached hydrogen (secondary N) is 2. The van der Waals surface area contributed by atoms with E-state index in [2.05, 4.69) is 43.2 Å². The second-order valence-corrected chi connectivity index (χ2v) is 6.11. The first-order chi connectivity index (χ1) is 7.78. The van der Waals surface area contributed by atoms with Crippen LogP contribution in [-0.4, -0.2) is 22.6 Å². The molecule has 0 unspecified atom stereocenters. The van der Waals surface area contributed by atoms with Crippen molar-refractivity contribution in [3.8, 4) is 0 Å². The Hall–Kier alpha value is -1.32. The van der Waals surface area contributed by atoms with E-state index in [1.807, 2.05) is 6.92 Å². The molecule has 1 heterocycles. The Balaban J connectivity index is 1.93. The predicted octanol–water partition coefficient (Wildman–Crippen LogP) is 2.13. The van der Waals surface area contributed by atoms with Gasteiger partial charge in [-0.3, -0.25) is 9.89 Å². The average molecular weight is 235 g/mol. The molecule has 1 fully saturated rings. The fraction of sp³-hybridized carbons (Fsp3) is 0.692. The third kappa shape index (κ3) is 1.75. The number of aryl methyl sites for hydroxylation is 1. The molecule has 2 rings (SSSR count). The lowest BCUT2D eigenvalue weighted by molar-refractivity contribution is 0.0949. The first-order valence-corrected chi connectivity index (χ1v) is 6.06. The van der Waals surface area contributed by atoms with Crippen molar-refractivity contribution < 1.29 is 4.79 Å².